The van der Waals surface area contributed by atoms with Crippen molar-refractivity contribution in [3.05, 3.63) is 11.4 Å². The molecule has 0 aliphatic carbocycles. The fourth-order valence-electron chi connectivity index (χ4n) is 3.34. The lowest BCUT2D eigenvalue weighted by molar-refractivity contribution is 0.230. The van der Waals surface area contributed by atoms with Gasteiger partial charge in [-0.25, -0.2) is 15.8 Å². The molecule has 2 aliphatic heterocycles. The lowest BCUT2D eigenvalue weighted by Gasteiger charge is -2.38. The van der Waals surface area contributed by atoms with Gasteiger partial charge in [0.05, 0.1) is 0 Å². The summed E-state index contributed by atoms with van der Waals surface area (Å²) in [7, 11) is 0. The van der Waals surface area contributed by atoms with E-state index in [0.717, 1.165) is 49.1 Å². The van der Waals surface area contributed by atoms with Crippen LogP contribution in [0.5, 0.6) is 0 Å². The predicted molar refractivity (Wildman–Crippen MR) is 80.8 cm³/mol. The number of piperazine rings is 1. The molecule has 1 aromatic rings. The Morgan fingerprint density at radius 1 is 1.30 bits per heavy atom. The molecule has 0 saturated carbocycles. The van der Waals surface area contributed by atoms with Crippen LogP contribution in [0.1, 0.15) is 31.2 Å². The van der Waals surface area contributed by atoms with Crippen molar-refractivity contribution in [1.82, 2.24) is 14.9 Å². The molecule has 0 bridgehead atoms. The Labute approximate surface area is 120 Å². The van der Waals surface area contributed by atoms with Gasteiger partial charge in [-0.2, -0.15) is 0 Å². The fraction of sp³-hybridized carbons (Fsp3) is 0.714. The molecule has 2 fully saturated rings. The summed E-state index contributed by atoms with van der Waals surface area (Å²) in [5.74, 6) is 8.25. The number of nitrogens with one attached hydrogen (secondary N) is 1. The summed E-state index contributed by atoms with van der Waals surface area (Å²) in [5.41, 5.74) is 3.76. The minimum absolute atomic E-state index is 0.692. The second kappa shape index (κ2) is 5.54. The normalized spacial score (nSPS) is 22.9. The average Bonchev–Trinajstić information content (AvgIpc) is 2.95. The zero-order valence-corrected chi connectivity index (χ0v) is 12.4. The van der Waals surface area contributed by atoms with Gasteiger partial charge in [-0.1, -0.05) is 6.92 Å². The molecule has 1 unspecified atom stereocenters. The number of nitrogens with zero attached hydrogens (tertiary/aromatic N) is 4. The van der Waals surface area contributed by atoms with Crippen LogP contribution in [0.3, 0.4) is 0 Å². The first kappa shape index (κ1) is 13.6. The van der Waals surface area contributed by atoms with E-state index in [2.05, 4.69) is 27.1 Å². The summed E-state index contributed by atoms with van der Waals surface area (Å²) in [4.78, 5) is 14.2. The zero-order valence-electron chi connectivity index (χ0n) is 12.4. The minimum Gasteiger partial charge on any atom is -0.353 e. The van der Waals surface area contributed by atoms with Crippen LogP contribution in [-0.4, -0.2) is 47.1 Å². The van der Waals surface area contributed by atoms with E-state index in [4.69, 9.17) is 10.8 Å². The lowest BCUT2D eigenvalue weighted by atomic mass is 10.1. The highest BCUT2D eigenvalue weighted by Gasteiger charge is 2.32. The first-order valence-corrected chi connectivity index (χ1v) is 7.56. The van der Waals surface area contributed by atoms with E-state index in [0.29, 0.717) is 6.04 Å². The number of aromatic nitrogens is 2. The van der Waals surface area contributed by atoms with Crippen molar-refractivity contribution in [2.45, 2.75) is 39.2 Å². The van der Waals surface area contributed by atoms with Crippen molar-refractivity contribution in [2.75, 3.05) is 36.5 Å². The van der Waals surface area contributed by atoms with Crippen molar-refractivity contribution in [1.29, 1.82) is 0 Å². The number of rotatable bonds is 3. The van der Waals surface area contributed by atoms with Gasteiger partial charge in [0.1, 0.15) is 17.5 Å². The van der Waals surface area contributed by atoms with E-state index in [1.807, 2.05) is 6.92 Å². The smallest absolute Gasteiger partial charge is 0.148 e. The van der Waals surface area contributed by atoms with Crippen LogP contribution in [0, 0.1) is 6.92 Å². The van der Waals surface area contributed by atoms with E-state index < -0.39 is 0 Å². The third kappa shape index (κ3) is 2.33. The summed E-state index contributed by atoms with van der Waals surface area (Å²) in [6.45, 7) is 8.64. The number of aryl methyl sites for hydroxylation is 1. The number of hydrogen-bond acceptors (Lipinski definition) is 6. The highest BCUT2D eigenvalue weighted by molar-refractivity contribution is 5.58. The summed E-state index contributed by atoms with van der Waals surface area (Å²) in [6.07, 6.45) is 3.46. The number of hydrazine groups is 1. The molecule has 6 heteroatoms. The number of nitrogen functional groups attached to an aromatic ring is 1. The van der Waals surface area contributed by atoms with Gasteiger partial charge in [-0.05, 0) is 26.3 Å². The van der Waals surface area contributed by atoms with Crippen LogP contribution in [-0.2, 0) is 6.42 Å². The van der Waals surface area contributed by atoms with Crippen molar-refractivity contribution in [2.24, 2.45) is 5.84 Å². The number of nitrogens with two attached hydrogens (primary N) is 1. The maximum atomic E-state index is 5.59. The Morgan fingerprint density at radius 2 is 2.15 bits per heavy atom. The fourth-order valence-corrected chi connectivity index (χ4v) is 3.34. The number of anilines is 2. The van der Waals surface area contributed by atoms with Crippen molar-refractivity contribution in [3.8, 4) is 0 Å². The van der Waals surface area contributed by atoms with Gasteiger partial charge < -0.3 is 10.3 Å². The van der Waals surface area contributed by atoms with Crippen LogP contribution in [0.4, 0.5) is 11.6 Å². The minimum atomic E-state index is 0.692. The molecular formula is C14H24N6. The second-order valence-electron chi connectivity index (χ2n) is 5.71. The second-order valence-corrected chi connectivity index (χ2v) is 5.71. The monoisotopic (exact) mass is 276 g/mol. The van der Waals surface area contributed by atoms with E-state index >= 15 is 0 Å². The number of fused-ring (bicyclic) bond motifs is 1. The molecule has 1 aromatic heterocycles. The molecule has 20 heavy (non-hydrogen) atoms. The predicted octanol–water partition coefficient (Wildman–Crippen LogP) is 0.917. The lowest BCUT2D eigenvalue weighted by Crippen LogP contribution is -2.50. The Kier molecular flexibility index (Phi) is 3.76. The summed E-state index contributed by atoms with van der Waals surface area (Å²) < 4.78 is 0. The molecule has 2 aliphatic rings. The number of hydrogen-bond donors (Lipinski definition) is 2. The van der Waals surface area contributed by atoms with Crippen LogP contribution in [0.2, 0.25) is 0 Å². The first-order chi connectivity index (χ1) is 9.72. The topological polar surface area (TPSA) is 70.3 Å². The van der Waals surface area contributed by atoms with Crippen molar-refractivity contribution >= 4 is 11.6 Å². The summed E-state index contributed by atoms with van der Waals surface area (Å²) in [5, 5.41) is 0. The molecule has 3 rings (SSSR count). The zero-order chi connectivity index (χ0) is 14.1. The van der Waals surface area contributed by atoms with Gasteiger partial charge in [-0.3, -0.25) is 4.90 Å². The van der Waals surface area contributed by atoms with Crippen LogP contribution in [0.25, 0.3) is 0 Å². The molecular weight excluding hydrogens is 252 g/mol. The Morgan fingerprint density at radius 3 is 2.90 bits per heavy atom. The molecule has 6 nitrogen and oxygen atoms in total. The van der Waals surface area contributed by atoms with Crippen molar-refractivity contribution in [3.63, 3.8) is 0 Å². The maximum Gasteiger partial charge on any atom is 0.148 e. The van der Waals surface area contributed by atoms with E-state index in [1.54, 1.807) is 0 Å². The average molecular weight is 276 g/mol. The molecule has 0 amide bonds. The molecule has 110 valence electrons. The molecule has 2 saturated heterocycles. The molecule has 1 atom stereocenters. The standard InChI is InChI=1S/C14H24N6/c1-3-12-16-13(18-15)10(2)14(17-12)20-8-7-19-6-4-5-11(19)9-20/h11H,3-9,15H2,1-2H3,(H,16,17,18). The van der Waals surface area contributed by atoms with Crippen LogP contribution >= 0.6 is 0 Å². The quantitative estimate of drug-likeness (QED) is 0.632. The first-order valence-electron chi connectivity index (χ1n) is 7.56. The van der Waals surface area contributed by atoms with Gasteiger partial charge in [0, 0.05) is 37.7 Å². The van der Waals surface area contributed by atoms with Crippen LogP contribution in [0.15, 0.2) is 0 Å². The molecule has 0 aromatic carbocycles. The molecule has 3 N–H and O–H groups in total. The largest absolute Gasteiger partial charge is 0.353 e. The summed E-state index contributed by atoms with van der Waals surface area (Å²) >= 11 is 0. The highest BCUT2D eigenvalue weighted by Crippen LogP contribution is 2.28. The Hall–Kier alpha value is -1.40. The van der Waals surface area contributed by atoms with Gasteiger partial charge in [0.25, 0.3) is 0 Å². The van der Waals surface area contributed by atoms with Gasteiger partial charge in [0.15, 0.2) is 0 Å². The van der Waals surface area contributed by atoms with E-state index in [-0.39, 0.29) is 0 Å². The SMILES string of the molecule is CCc1nc(NN)c(C)c(N2CCN3CCCC3C2)n1. The van der Waals surface area contributed by atoms with Gasteiger partial charge in [-0.15, -0.1) is 0 Å². The van der Waals surface area contributed by atoms with Gasteiger partial charge in [0.2, 0.25) is 0 Å². The Bertz CT molecular complexity index is 489. The van der Waals surface area contributed by atoms with Crippen molar-refractivity contribution < 1.29 is 0 Å². The third-order valence-electron chi connectivity index (χ3n) is 4.51. The third-order valence-corrected chi connectivity index (χ3v) is 4.51. The van der Waals surface area contributed by atoms with E-state index in [9.17, 15) is 0 Å². The summed E-state index contributed by atoms with van der Waals surface area (Å²) in [6, 6.07) is 0.692. The van der Waals surface area contributed by atoms with Gasteiger partial charge >= 0.3 is 0 Å². The highest BCUT2D eigenvalue weighted by atomic mass is 15.3. The van der Waals surface area contributed by atoms with Crippen LogP contribution < -0.4 is 16.2 Å². The maximum absolute atomic E-state index is 5.59. The molecule has 0 radical (unpaired) electrons. The Balaban J connectivity index is 1.89. The van der Waals surface area contributed by atoms with E-state index in [1.165, 1.54) is 19.4 Å². The molecule has 0 spiro atoms. The molecule has 3 heterocycles.